The van der Waals surface area contributed by atoms with Crippen molar-refractivity contribution in [1.82, 2.24) is 15.3 Å². The number of hydroxylamine groups is 2. The predicted octanol–water partition coefficient (Wildman–Crippen LogP) is 5.14. The Balaban J connectivity index is 1.77. The SMILES string of the molecule is C=C[NH+]([O-])C(=O)C(C/C=C/c1ccc(N(CC=C(C)C)c2ncccn2)cc1)NC(=O)c1c(Cl)cccc1Cl. The molecule has 0 spiro atoms. The molecule has 0 saturated carbocycles. The molecule has 202 valence electrons. The Hall–Kier alpha value is -3.82. The maximum absolute atomic E-state index is 12.8. The molecular weight excluding hydrogens is 537 g/mol. The zero-order valence-corrected chi connectivity index (χ0v) is 23.1. The Bertz CT molecular complexity index is 1340. The van der Waals surface area contributed by atoms with Crippen molar-refractivity contribution < 1.29 is 14.7 Å². The molecule has 0 aliphatic heterocycles. The second-order valence-electron chi connectivity index (χ2n) is 8.73. The third kappa shape index (κ3) is 8.33. The van der Waals surface area contributed by atoms with Gasteiger partial charge in [-0.1, -0.05) is 65.2 Å². The molecule has 0 radical (unpaired) electrons. The average Bonchev–Trinajstić information content (AvgIpc) is 2.93. The molecule has 39 heavy (non-hydrogen) atoms. The number of nitrogens with zero attached hydrogens (tertiary/aromatic N) is 3. The van der Waals surface area contributed by atoms with E-state index in [0.717, 1.165) is 17.5 Å². The Kier molecular flexibility index (Phi) is 11.0. The molecule has 2 N–H and O–H groups in total. The van der Waals surface area contributed by atoms with Gasteiger partial charge in [-0.05, 0) is 62.7 Å². The third-order valence-corrected chi connectivity index (χ3v) is 6.23. The maximum Gasteiger partial charge on any atom is 0.339 e. The third-order valence-electron chi connectivity index (χ3n) is 5.60. The normalized spacial score (nSPS) is 12.4. The van der Waals surface area contributed by atoms with Gasteiger partial charge >= 0.3 is 5.91 Å². The van der Waals surface area contributed by atoms with Gasteiger partial charge in [-0.25, -0.2) is 14.8 Å². The van der Waals surface area contributed by atoms with E-state index in [1.165, 1.54) is 17.7 Å². The summed E-state index contributed by atoms with van der Waals surface area (Å²) in [5, 5.41) is 14.1. The number of carbonyl (C=O) groups is 2. The first-order valence-electron chi connectivity index (χ1n) is 12.1. The summed E-state index contributed by atoms with van der Waals surface area (Å²) in [6, 6.07) is 13.0. The first-order chi connectivity index (χ1) is 18.7. The monoisotopic (exact) mass is 565 g/mol. The van der Waals surface area contributed by atoms with Crippen molar-refractivity contribution in [1.29, 1.82) is 0 Å². The lowest BCUT2D eigenvalue weighted by Crippen LogP contribution is -3.07. The fraction of sp³-hybridized carbons (Fsp3) is 0.172. The lowest BCUT2D eigenvalue weighted by Gasteiger charge is -2.22. The van der Waals surface area contributed by atoms with Crippen molar-refractivity contribution in [3.05, 3.63) is 118 Å². The molecule has 3 rings (SSSR count). The van der Waals surface area contributed by atoms with Gasteiger partial charge in [-0.15, -0.1) is 0 Å². The van der Waals surface area contributed by atoms with Crippen LogP contribution in [0.2, 0.25) is 10.0 Å². The second kappa shape index (κ2) is 14.4. The molecule has 2 unspecified atom stereocenters. The summed E-state index contributed by atoms with van der Waals surface area (Å²) in [4.78, 5) is 36.2. The van der Waals surface area contributed by atoms with Crippen LogP contribution in [0.25, 0.3) is 6.08 Å². The van der Waals surface area contributed by atoms with E-state index in [2.05, 4.69) is 27.9 Å². The maximum atomic E-state index is 12.8. The minimum atomic E-state index is -1.12. The first-order valence-corrected chi connectivity index (χ1v) is 12.9. The van der Waals surface area contributed by atoms with E-state index < -0.39 is 22.9 Å². The van der Waals surface area contributed by atoms with Crippen LogP contribution in [0.1, 0.15) is 36.2 Å². The fourth-order valence-corrected chi connectivity index (χ4v) is 4.13. The van der Waals surface area contributed by atoms with E-state index in [4.69, 9.17) is 23.2 Å². The number of aromatic nitrogens is 2. The van der Waals surface area contributed by atoms with Gasteiger partial charge in [0.15, 0.2) is 0 Å². The van der Waals surface area contributed by atoms with Gasteiger partial charge < -0.3 is 15.4 Å². The molecule has 0 saturated heterocycles. The smallest absolute Gasteiger partial charge is 0.339 e. The molecule has 2 atom stereocenters. The van der Waals surface area contributed by atoms with Crippen LogP contribution in [0.3, 0.4) is 0 Å². The van der Waals surface area contributed by atoms with Crippen LogP contribution in [-0.4, -0.2) is 34.4 Å². The Labute approximate surface area is 237 Å². The topological polar surface area (TPSA) is 103 Å². The Morgan fingerprint density at radius 2 is 1.72 bits per heavy atom. The molecule has 1 aromatic heterocycles. The van der Waals surface area contributed by atoms with E-state index in [1.54, 1.807) is 36.7 Å². The van der Waals surface area contributed by atoms with Gasteiger partial charge in [-0.3, -0.25) is 9.86 Å². The van der Waals surface area contributed by atoms with Crippen LogP contribution >= 0.6 is 23.2 Å². The summed E-state index contributed by atoms with van der Waals surface area (Å²) in [6.45, 7) is 8.04. The highest BCUT2D eigenvalue weighted by atomic mass is 35.5. The fourth-order valence-electron chi connectivity index (χ4n) is 3.56. The van der Waals surface area contributed by atoms with Crippen molar-refractivity contribution >= 4 is 52.7 Å². The van der Waals surface area contributed by atoms with Gasteiger partial charge in [0.1, 0.15) is 6.04 Å². The van der Waals surface area contributed by atoms with Gasteiger partial charge in [0.25, 0.3) is 5.91 Å². The molecule has 0 fully saturated rings. The molecule has 10 heteroatoms. The summed E-state index contributed by atoms with van der Waals surface area (Å²) < 4.78 is 0. The number of quaternary nitrogens is 1. The summed E-state index contributed by atoms with van der Waals surface area (Å²) in [7, 11) is 0. The molecule has 0 aliphatic carbocycles. The quantitative estimate of drug-likeness (QED) is 0.246. The molecule has 2 amide bonds. The van der Waals surface area contributed by atoms with E-state index in [0.29, 0.717) is 12.5 Å². The highest BCUT2D eigenvalue weighted by Gasteiger charge is 2.27. The number of carbonyl (C=O) groups excluding carboxylic acids is 2. The molecule has 3 aromatic rings. The number of allylic oxidation sites excluding steroid dienone is 1. The number of amides is 2. The van der Waals surface area contributed by atoms with E-state index in [-0.39, 0.29) is 22.0 Å². The Morgan fingerprint density at radius 3 is 2.31 bits per heavy atom. The predicted molar refractivity (Wildman–Crippen MR) is 156 cm³/mol. The van der Waals surface area contributed by atoms with Gasteiger partial charge in [0, 0.05) is 24.6 Å². The number of nitrogens with one attached hydrogen (secondary N) is 2. The molecule has 0 bridgehead atoms. The minimum absolute atomic E-state index is 0.0318. The van der Waals surface area contributed by atoms with Crippen LogP contribution < -0.4 is 15.3 Å². The second-order valence-corrected chi connectivity index (χ2v) is 9.54. The standard InChI is InChI=1S/C29H29Cl2N5O3/c1-4-36(39)28(38)25(34-27(37)26-23(30)9-6-10-24(26)31)11-5-8-21-12-14-22(15-13-21)35(19-16-20(2)3)29-32-17-7-18-33-29/h4-10,12-18,25,36H,1,11,19H2,2-3H3,(H,34,37)/b8-5+. The molecule has 2 aromatic carbocycles. The largest absolute Gasteiger partial charge is 0.622 e. The molecule has 8 nitrogen and oxygen atoms in total. The van der Waals surface area contributed by atoms with E-state index in [1.807, 2.05) is 43.0 Å². The number of benzene rings is 2. The first kappa shape index (κ1) is 29.7. The molecular formula is C29H29Cl2N5O3. The van der Waals surface area contributed by atoms with Crippen molar-refractivity contribution in [2.45, 2.75) is 26.3 Å². The van der Waals surface area contributed by atoms with E-state index >= 15 is 0 Å². The van der Waals surface area contributed by atoms with Gasteiger partial charge in [-0.2, -0.15) is 0 Å². The number of hydrogen-bond donors (Lipinski definition) is 2. The van der Waals surface area contributed by atoms with Crippen molar-refractivity contribution in [3.8, 4) is 0 Å². The van der Waals surface area contributed by atoms with Crippen LogP contribution in [0.5, 0.6) is 0 Å². The minimum Gasteiger partial charge on any atom is -0.622 e. The van der Waals surface area contributed by atoms with Crippen LogP contribution in [0.4, 0.5) is 11.6 Å². The van der Waals surface area contributed by atoms with Crippen LogP contribution in [0, 0.1) is 5.21 Å². The number of hydrogen-bond acceptors (Lipinski definition) is 6. The average molecular weight is 566 g/mol. The summed E-state index contributed by atoms with van der Waals surface area (Å²) in [6.07, 6.45) is 9.99. The Morgan fingerprint density at radius 1 is 1.08 bits per heavy atom. The number of anilines is 2. The lowest BCUT2D eigenvalue weighted by atomic mass is 10.1. The van der Waals surface area contributed by atoms with Crippen LogP contribution in [-0.2, 0) is 4.79 Å². The molecule has 0 aliphatic rings. The highest BCUT2D eigenvalue weighted by molar-refractivity contribution is 6.39. The van der Waals surface area contributed by atoms with Crippen molar-refractivity contribution in [3.63, 3.8) is 0 Å². The van der Waals surface area contributed by atoms with Crippen LogP contribution in [0.15, 0.2) is 91.4 Å². The number of halogens is 2. The zero-order valence-electron chi connectivity index (χ0n) is 21.6. The number of rotatable bonds is 11. The lowest BCUT2D eigenvalue weighted by molar-refractivity contribution is -0.705. The zero-order chi connectivity index (χ0) is 28.4. The summed E-state index contributed by atoms with van der Waals surface area (Å²) >= 11 is 12.3. The van der Waals surface area contributed by atoms with Gasteiger partial charge in [0.2, 0.25) is 5.95 Å². The van der Waals surface area contributed by atoms with E-state index in [9.17, 15) is 14.8 Å². The molecule has 1 heterocycles. The summed E-state index contributed by atoms with van der Waals surface area (Å²) in [5.74, 6) is -0.863. The van der Waals surface area contributed by atoms with Gasteiger partial charge in [0.05, 0.1) is 21.8 Å². The highest BCUT2D eigenvalue weighted by Crippen LogP contribution is 2.25. The van der Waals surface area contributed by atoms with Crippen molar-refractivity contribution in [2.75, 3.05) is 11.4 Å². The van der Waals surface area contributed by atoms with Crippen molar-refractivity contribution in [2.24, 2.45) is 0 Å². The summed E-state index contributed by atoms with van der Waals surface area (Å²) in [5.41, 5.74) is 2.98.